The first-order valence-corrected chi connectivity index (χ1v) is 11.3. The van der Waals surface area contributed by atoms with Gasteiger partial charge >= 0.3 is 0 Å². The molecule has 1 heteroatoms. The first kappa shape index (κ1) is 26.2. The van der Waals surface area contributed by atoms with E-state index in [2.05, 4.69) is 108 Å². The van der Waals surface area contributed by atoms with Crippen LogP contribution in [0.4, 0.5) is 0 Å². The molecule has 0 saturated carbocycles. The Morgan fingerprint density at radius 2 is 1.84 bits per heavy atom. The van der Waals surface area contributed by atoms with E-state index in [0.717, 1.165) is 49.1 Å². The molecular weight excluding hydrogens is 374 g/mol. The van der Waals surface area contributed by atoms with Gasteiger partial charge in [-0.1, -0.05) is 92.5 Å². The average molecular weight is 416 g/mol. The lowest BCUT2D eigenvalue weighted by atomic mass is 9.98. The Morgan fingerprint density at radius 3 is 2.42 bits per heavy atom. The van der Waals surface area contributed by atoms with E-state index >= 15 is 0 Å². The van der Waals surface area contributed by atoms with Crippen LogP contribution in [0.2, 0.25) is 0 Å². The molecule has 0 bridgehead atoms. The zero-order valence-corrected chi connectivity index (χ0v) is 20.2. The van der Waals surface area contributed by atoms with Gasteiger partial charge in [-0.15, -0.1) is 6.58 Å². The van der Waals surface area contributed by atoms with Crippen LogP contribution in [0.3, 0.4) is 0 Å². The van der Waals surface area contributed by atoms with Gasteiger partial charge in [-0.2, -0.15) is 0 Å². The molecule has 0 aliphatic heterocycles. The smallest absolute Gasteiger partial charge is 0.0435 e. The van der Waals surface area contributed by atoms with E-state index in [9.17, 15) is 0 Å². The summed E-state index contributed by atoms with van der Waals surface area (Å²) in [4.78, 5) is 2.15. The molecule has 0 aromatic rings. The second kappa shape index (κ2) is 14.2. The van der Waals surface area contributed by atoms with Crippen molar-refractivity contribution < 1.29 is 0 Å². The molecule has 0 N–H and O–H groups in total. The molecule has 0 amide bonds. The fraction of sp³-hybridized carbons (Fsp3) is 0.333. The zero-order chi connectivity index (χ0) is 23.2. The van der Waals surface area contributed by atoms with E-state index < -0.39 is 0 Å². The molecular formula is C30H41N. The third kappa shape index (κ3) is 9.26. The van der Waals surface area contributed by atoms with Gasteiger partial charge in [0, 0.05) is 18.4 Å². The van der Waals surface area contributed by atoms with Gasteiger partial charge in [0.25, 0.3) is 0 Å². The Balaban J connectivity index is 2.88. The maximum Gasteiger partial charge on any atom is 0.0435 e. The summed E-state index contributed by atoms with van der Waals surface area (Å²) in [5, 5.41) is 0. The Hall–Kier alpha value is -2.80. The first-order valence-electron chi connectivity index (χ1n) is 11.3. The summed E-state index contributed by atoms with van der Waals surface area (Å²) in [5.41, 5.74) is 7.09. The van der Waals surface area contributed by atoms with E-state index in [-0.39, 0.29) is 0 Å². The van der Waals surface area contributed by atoms with E-state index in [4.69, 9.17) is 0 Å². The standard InChI is InChI=1S/C30H41N/c1-9-15-29(23-22-28-16-13-12-14-17-28)30(11-3)31(8)27(7)21-20-26(6)25(5)19-18-24(4)10-2/h9,11-14,16,18-19,22-23,28H,1,3,6-7,10,15,17,20-21H2,2,4-5,8H3/b23-22+,24-18+,25-19+,30-29+. The van der Waals surface area contributed by atoms with Crippen LogP contribution in [-0.4, -0.2) is 11.9 Å². The summed E-state index contributed by atoms with van der Waals surface area (Å²) in [7, 11) is 2.07. The van der Waals surface area contributed by atoms with Crippen molar-refractivity contribution in [3.8, 4) is 0 Å². The van der Waals surface area contributed by atoms with Crippen LogP contribution >= 0.6 is 0 Å². The van der Waals surface area contributed by atoms with Gasteiger partial charge in [0.2, 0.25) is 0 Å². The van der Waals surface area contributed by atoms with Crippen molar-refractivity contribution >= 4 is 0 Å². The Kier molecular flexibility index (Phi) is 12.1. The lowest BCUT2D eigenvalue weighted by molar-refractivity contribution is 0.506. The lowest BCUT2D eigenvalue weighted by Crippen LogP contribution is -2.17. The molecule has 31 heavy (non-hydrogen) atoms. The zero-order valence-electron chi connectivity index (χ0n) is 20.2. The monoisotopic (exact) mass is 415 g/mol. The van der Waals surface area contributed by atoms with Crippen molar-refractivity contribution in [2.45, 2.75) is 52.9 Å². The predicted octanol–water partition coefficient (Wildman–Crippen LogP) is 8.78. The molecule has 1 nitrogen and oxygen atoms in total. The van der Waals surface area contributed by atoms with Crippen molar-refractivity contribution in [2.24, 2.45) is 5.92 Å². The van der Waals surface area contributed by atoms with Gasteiger partial charge in [-0.25, -0.2) is 0 Å². The third-order valence-corrected chi connectivity index (χ3v) is 5.73. The first-order chi connectivity index (χ1) is 14.8. The lowest BCUT2D eigenvalue weighted by Gasteiger charge is -2.25. The van der Waals surface area contributed by atoms with Crippen molar-refractivity contribution in [3.63, 3.8) is 0 Å². The van der Waals surface area contributed by atoms with Crippen molar-refractivity contribution in [1.29, 1.82) is 0 Å². The van der Waals surface area contributed by atoms with Gasteiger partial charge in [0.15, 0.2) is 0 Å². The number of rotatable bonds is 13. The highest BCUT2D eigenvalue weighted by molar-refractivity contribution is 5.36. The summed E-state index contributed by atoms with van der Waals surface area (Å²) in [6.45, 7) is 23.1. The molecule has 0 aromatic heterocycles. The highest BCUT2D eigenvalue weighted by Crippen LogP contribution is 2.25. The van der Waals surface area contributed by atoms with Gasteiger partial charge in [0.05, 0.1) is 0 Å². The van der Waals surface area contributed by atoms with Crippen LogP contribution < -0.4 is 0 Å². The maximum absolute atomic E-state index is 4.34. The van der Waals surface area contributed by atoms with Crippen molar-refractivity contribution in [3.05, 3.63) is 121 Å². The minimum Gasteiger partial charge on any atom is -0.349 e. The minimum absolute atomic E-state index is 0.438. The SMILES string of the molecule is C=CCC(/C=C/C1C=CC=CC1)=C(/C=C)N(C)C(=C)CCC(=C)/C(C)=C/C=C(\C)CC. The maximum atomic E-state index is 4.34. The fourth-order valence-corrected chi connectivity index (χ4v) is 3.21. The summed E-state index contributed by atoms with van der Waals surface area (Å²) in [6, 6.07) is 0. The molecule has 1 unspecified atom stereocenters. The molecule has 0 aromatic carbocycles. The number of nitrogens with zero attached hydrogens (tertiary/aromatic N) is 1. The number of likely N-dealkylation sites (N-methyl/N-ethyl adjacent to an activating group) is 1. The Bertz CT molecular complexity index is 836. The van der Waals surface area contributed by atoms with Gasteiger partial charge in [-0.3, -0.25) is 0 Å². The second-order valence-electron chi connectivity index (χ2n) is 8.12. The normalized spacial score (nSPS) is 17.5. The van der Waals surface area contributed by atoms with E-state index in [1.165, 1.54) is 16.7 Å². The summed E-state index contributed by atoms with van der Waals surface area (Å²) < 4.78 is 0. The van der Waals surface area contributed by atoms with E-state index in [0.29, 0.717) is 5.92 Å². The highest BCUT2D eigenvalue weighted by atomic mass is 15.1. The highest BCUT2D eigenvalue weighted by Gasteiger charge is 2.11. The van der Waals surface area contributed by atoms with Crippen molar-refractivity contribution in [1.82, 2.24) is 4.90 Å². The third-order valence-electron chi connectivity index (χ3n) is 5.73. The summed E-state index contributed by atoms with van der Waals surface area (Å²) in [5.74, 6) is 0.438. The quantitative estimate of drug-likeness (QED) is 0.214. The Labute approximate surface area is 191 Å². The van der Waals surface area contributed by atoms with Crippen LogP contribution in [0.15, 0.2) is 121 Å². The molecule has 1 aliphatic rings. The molecule has 1 rings (SSSR count). The minimum atomic E-state index is 0.438. The van der Waals surface area contributed by atoms with Crippen LogP contribution in [0, 0.1) is 5.92 Å². The van der Waals surface area contributed by atoms with Crippen LogP contribution in [-0.2, 0) is 0 Å². The number of hydrogen-bond acceptors (Lipinski definition) is 1. The molecule has 1 aliphatic carbocycles. The summed E-state index contributed by atoms with van der Waals surface area (Å²) in [6.07, 6.45) is 26.0. The molecule has 166 valence electrons. The average Bonchev–Trinajstić information content (AvgIpc) is 2.79. The van der Waals surface area contributed by atoms with Crippen LogP contribution in [0.5, 0.6) is 0 Å². The van der Waals surface area contributed by atoms with Gasteiger partial charge in [-0.05, 0) is 69.1 Å². The Morgan fingerprint density at radius 1 is 1.10 bits per heavy atom. The topological polar surface area (TPSA) is 3.24 Å². The van der Waals surface area contributed by atoms with E-state index in [1.54, 1.807) is 0 Å². The van der Waals surface area contributed by atoms with Gasteiger partial charge < -0.3 is 4.90 Å². The van der Waals surface area contributed by atoms with Gasteiger partial charge in [0.1, 0.15) is 0 Å². The molecule has 0 radical (unpaired) electrons. The fourth-order valence-electron chi connectivity index (χ4n) is 3.21. The molecule has 1 atom stereocenters. The molecule has 0 heterocycles. The van der Waals surface area contributed by atoms with Crippen LogP contribution in [0.1, 0.15) is 52.9 Å². The molecule has 0 fully saturated rings. The summed E-state index contributed by atoms with van der Waals surface area (Å²) >= 11 is 0. The molecule has 0 spiro atoms. The van der Waals surface area contributed by atoms with E-state index in [1.807, 2.05) is 12.2 Å². The number of hydrogen-bond donors (Lipinski definition) is 0. The van der Waals surface area contributed by atoms with Crippen LogP contribution in [0.25, 0.3) is 0 Å². The second-order valence-corrected chi connectivity index (χ2v) is 8.12. The molecule has 0 saturated heterocycles. The number of allylic oxidation sites excluding steroid dienone is 15. The van der Waals surface area contributed by atoms with Crippen molar-refractivity contribution in [2.75, 3.05) is 7.05 Å². The largest absolute Gasteiger partial charge is 0.349 e. The predicted molar refractivity (Wildman–Crippen MR) is 141 cm³/mol.